The largest absolute Gasteiger partial charge is 0.467 e. The van der Waals surface area contributed by atoms with E-state index in [4.69, 9.17) is 0 Å². The highest BCUT2D eigenvalue weighted by Gasteiger charge is 2.56. The van der Waals surface area contributed by atoms with E-state index >= 15 is 0 Å². The average molecular weight is 210 g/mol. The fraction of sp³-hybridized carbons (Fsp3) is 0.750. The number of hydrogen-bond donors (Lipinski definition) is 1. The highest BCUT2D eigenvalue weighted by molar-refractivity contribution is 5.76. The second-order valence-corrected chi connectivity index (χ2v) is 4.64. The first kappa shape index (κ1) is 10.7. The van der Waals surface area contributed by atoms with E-state index in [9.17, 15) is 9.90 Å². The van der Waals surface area contributed by atoms with Crippen LogP contribution in [0.1, 0.15) is 32.1 Å². The van der Waals surface area contributed by atoms with Crippen LogP contribution < -0.4 is 0 Å². The lowest BCUT2D eigenvalue weighted by atomic mass is 9.77. The van der Waals surface area contributed by atoms with Crippen molar-refractivity contribution in [3.8, 4) is 0 Å². The Bertz CT molecular complexity index is 279. The van der Waals surface area contributed by atoms with Gasteiger partial charge >= 0.3 is 5.97 Å². The molecule has 0 aliphatic heterocycles. The van der Waals surface area contributed by atoms with Crippen molar-refractivity contribution < 1.29 is 14.6 Å². The molecule has 0 aromatic heterocycles. The number of aliphatic hydroxyl groups is 1. The Morgan fingerprint density at radius 3 is 2.73 bits per heavy atom. The highest BCUT2D eigenvalue weighted by atomic mass is 16.5. The lowest BCUT2D eigenvalue weighted by Gasteiger charge is -2.30. The van der Waals surface area contributed by atoms with Crippen LogP contribution in [0.2, 0.25) is 0 Å². The molecule has 2 aliphatic carbocycles. The van der Waals surface area contributed by atoms with Gasteiger partial charge in [-0.05, 0) is 38.0 Å². The molecule has 1 N–H and O–H groups in total. The standard InChI is InChI=1S/C12H18O3/c1-15-11(14)10(13)12(7-8-12)9-5-3-2-4-6-9/h2-3,9-10,13H,4-8H2,1H3. The number of aliphatic hydroxyl groups excluding tert-OH is 1. The molecule has 2 aliphatic rings. The summed E-state index contributed by atoms with van der Waals surface area (Å²) in [6.07, 6.45) is 8.50. The van der Waals surface area contributed by atoms with Crippen LogP contribution in [-0.4, -0.2) is 24.3 Å². The zero-order valence-corrected chi connectivity index (χ0v) is 9.11. The minimum Gasteiger partial charge on any atom is -0.467 e. The Kier molecular flexibility index (Phi) is 2.83. The number of rotatable bonds is 3. The normalized spacial score (nSPS) is 29.6. The molecule has 2 rings (SSSR count). The smallest absolute Gasteiger partial charge is 0.335 e. The number of methoxy groups -OCH3 is 1. The quantitative estimate of drug-likeness (QED) is 0.569. The third kappa shape index (κ3) is 1.81. The first-order chi connectivity index (χ1) is 7.20. The monoisotopic (exact) mass is 210 g/mol. The van der Waals surface area contributed by atoms with Gasteiger partial charge in [-0.2, -0.15) is 0 Å². The molecule has 2 atom stereocenters. The van der Waals surface area contributed by atoms with Crippen molar-refractivity contribution in [2.75, 3.05) is 7.11 Å². The molecular weight excluding hydrogens is 192 g/mol. The minimum absolute atomic E-state index is 0.169. The summed E-state index contributed by atoms with van der Waals surface area (Å²) >= 11 is 0. The summed E-state index contributed by atoms with van der Waals surface area (Å²) in [6, 6.07) is 0. The highest BCUT2D eigenvalue weighted by Crippen LogP contribution is 2.58. The van der Waals surface area contributed by atoms with E-state index in [0.29, 0.717) is 5.92 Å². The van der Waals surface area contributed by atoms with Crippen molar-refractivity contribution in [3.05, 3.63) is 12.2 Å². The summed E-state index contributed by atoms with van der Waals surface area (Å²) in [7, 11) is 1.34. The molecule has 0 heterocycles. The molecule has 0 aromatic carbocycles. The van der Waals surface area contributed by atoms with Crippen LogP contribution in [0, 0.1) is 11.3 Å². The van der Waals surface area contributed by atoms with Gasteiger partial charge in [-0.3, -0.25) is 0 Å². The summed E-state index contributed by atoms with van der Waals surface area (Å²) in [5, 5.41) is 9.96. The second-order valence-electron chi connectivity index (χ2n) is 4.64. The molecule has 3 nitrogen and oxygen atoms in total. The first-order valence-electron chi connectivity index (χ1n) is 5.61. The van der Waals surface area contributed by atoms with E-state index in [1.54, 1.807) is 0 Å². The maximum atomic E-state index is 11.4. The summed E-state index contributed by atoms with van der Waals surface area (Å²) in [5.74, 6) is -0.0151. The molecule has 15 heavy (non-hydrogen) atoms. The lowest BCUT2D eigenvalue weighted by Crippen LogP contribution is -2.37. The Balaban J connectivity index is 2.06. The van der Waals surface area contributed by atoms with Crippen LogP contribution in [0.4, 0.5) is 0 Å². The van der Waals surface area contributed by atoms with Gasteiger partial charge in [-0.1, -0.05) is 12.2 Å². The Hall–Kier alpha value is -0.830. The molecule has 0 amide bonds. The van der Waals surface area contributed by atoms with Crippen LogP contribution in [-0.2, 0) is 9.53 Å². The zero-order valence-electron chi connectivity index (χ0n) is 9.11. The molecule has 0 spiro atoms. The first-order valence-corrected chi connectivity index (χ1v) is 5.61. The lowest BCUT2D eigenvalue weighted by molar-refractivity contribution is -0.156. The van der Waals surface area contributed by atoms with Crippen molar-refractivity contribution in [1.29, 1.82) is 0 Å². The van der Waals surface area contributed by atoms with Crippen molar-refractivity contribution in [2.45, 2.75) is 38.2 Å². The van der Waals surface area contributed by atoms with Crippen molar-refractivity contribution in [1.82, 2.24) is 0 Å². The summed E-state index contributed by atoms with van der Waals surface area (Å²) in [6.45, 7) is 0. The van der Waals surface area contributed by atoms with Gasteiger partial charge in [0, 0.05) is 5.41 Å². The predicted octanol–water partition coefficient (Wildman–Crippen LogP) is 1.66. The fourth-order valence-electron chi connectivity index (χ4n) is 2.71. The second kappa shape index (κ2) is 3.97. The average Bonchev–Trinajstić information content (AvgIpc) is 3.09. The molecule has 84 valence electrons. The summed E-state index contributed by atoms with van der Waals surface area (Å²) in [4.78, 5) is 11.4. The molecule has 0 saturated heterocycles. The van der Waals surface area contributed by atoms with Gasteiger partial charge in [-0.15, -0.1) is 0 Å². The Morgan fingerprint density at radius 2 is 2.27 bits per heavy atom. The van der Waals surface area contributed by atoms with E-state index < -0.39 is 12.1 Å². The van der Waals surface area contributed by atoms with Crippen LogP contribution in [0.5, 0.6) is 0 Å². The number of carbonyl (C=O) groups excluding carboxylic acids is 1. The van der Waals surface area contributed by atoms with E-state index in [0.717, 1.165) is 32.1 Å². The van der Waals surface area contributed by atoms with Crippen LogP contribution >= 0.6 is 0 Å². The zero-order chi connectivity index (χ0) is 10.9. The third-order valence-electron chi connectivity index (χ3n) is 3.88. The molecule has 1 fully saturated rings. The van der Waals surface area contributed by atoms with Gasteiger partial charge < -0.3 is 9.84 Å². The molecule has 3 heteroatoms. The third-order valence-corrected chi connectivity index (χ3v) is 3.88. The molecule has 0 radical (unpaired) electrons. The molecular formula is C12H18O3. The van der Waals surface area contributed by atoms with Gasteiger partial charge in [0.05, 0.1) is 7.11 Å². The van der Waals surface area contributed by atoms with Gasteiger partial charge in [0.25, 0.3) is 0 Å². The molecule has 0 bridgehead atoms. The Labute approximate surface area is 90.1 Å². The van der Waals surface area contributed by atoms with E-state index in [1.165, 1.54) is 7.11 Å². The number of ether oxygens (including phenoxy) is 1. The summed E-state index contributed by atoms with van der Waals surface area (Å²) < 4.78 is 4.62. The van der Waals surface area contributed by atoms with Gasteiger partial charge in [-0.25, -0.2) is 4.79 Å². The number of carbonyl (C=O) groups is 1. The van der Waals surface area contributed by atoms with E-state index in [1.807, 2.05) is 0 Å². The number of allylic oxidation sites excluding steroid dienone is 2. The SMILES string of the molecule is COC(=O)C(O)C1(C2CC=CCC2)CC1. The van der Waals surface area contributed by atoms with E-state index in [2.05, 4.69) is 16.9 Å². The number of hydrogen-bond acceptors (Lipinski definition) is 3. The van der Waals surface area contributed by atoms with Crippen molar-refractivity contribution in [2.24, 2.45) is 11.3 Å². The fourth-order valence-corrected chi connectivity index (χ4v) is 2.71. The van der Waals surface area contributed by atoms with Gasteiger partial charge in [0.15, 0.2) is 6.10 Å². The van der Waals surface area contributed by atoms with Crippen molar-refractivity contribution in [3.63, 3.8) is 0 Å². The van der Waals surface area contributed by atoms with Gasteiger partial charge in [0.2, 0.25) is 0 Å². The summed E-state index contributed by atoms with van der Waals surface area (Å²) in [5.41, 5.74) is -0.169. The number of esters is 1. The van der Waals surface area contributed by atoms with Crippen LogP contribution in [0.3, 0.4) is 0 Å². The topological polar surface area (TPSA) is 46.5 Å². The van der Waals surface area contributed by atoms with E-state index in [-0.39, 0.29) is 5.41 Å². The predicted molar refractivity (Wildman–Crippen MR) is 56.2 cm³/mol. The van der Waals surface area contributed by atoms with Crippen LogP contribution in [0.25, 0.3) is 0 Å². The molecule has 0 aromatic rings. The van der Waals surface area contributed by atoms with Crippen molar-refractivity contribution >= 4 is 5.97 Å². The van der Waals surface area contributed by atoms with Crippen LogP contribution in [0.15, 0.2) is 12.2 Å². The maximum absolute atomic E-state index is 11.4. The minimum atomic E-state index is -0.918. The molecule has 2 unspecified atom stereocenters. The Morgan fingerprint density at radius 1 is 1.53 bits per heavy atom. The maximum Gasteiger partial charge on any atom is 0.335 e. The molecule has 1 saturated carbocycles. The van der Waals surface area contributed by atoms with Gasteiger partial charge in [0.1, 0.15) is 0 Å².